The standard InChI is InChI=1S/C14H27NO3/c1-16-11-12-18-10-7-15-13-3-2-4-14(13)5-8-17-9-6-14/h13,15H,2-12H2,1H3. The van der Waals surface area contributed by atoms with Gasteiger partial charge in [0.1, 0.15) is 0 Å². The Labute approximate surface area is 110 Å². The molecule has 0 aromatic heterocycles. The van der Waals surface area contributed by atoms with Gasteiger partial charge in [-0.1, -0.05) is 6.42 Å². The summed E-state index contributed by atoms with van der Waals surface area (Å²) < 4.78 is 16.0. The van der Waals surface area contributed by atoms with Gasteiger partial charge >= 0.3 is 0 Å². The summed E-state index contributed by atoms with van der Waals surface area (Å²) in [6, 6.07) is 0.674. The zero-order chi connectivity index (χ0) is 12.7. The third-order valence-electron chi connectivity index (χ3n) is 4.46. The molecule has 1 saturated heterocycles. The van der Waals surface area contributed by atoms with Gasteiger partial charge in [-0.2, -0.15) is 0 Å². The maximum atomic E-state index is 5.51. The number of rotatable bonds is 7. The highest BCUT2D eigenvalue weighted by Crippen LogP contribution is 2.45. The Hall–Kier alpha value is -0.160. The minimum Gasteiger partial charge on any atom is -0.382 e. The molecule has 0 amide bonds. The average molecular weight is 257 g/mol. The first-order chi connectivity index (χ1) is 8.87. The molecule has 4 heteroatoms. The van der Waals surface area contributed by atoms with Crippen LogP contribution in [0.4, 0.5) is 0 Å². The van der Waals surface area contributed by atoms with E-state index in [-0.39, 0.29) is 0 Å². The van der Waals surface area contributed by atoms with Gasteiger partial charge in [-0.05, 0) is 31.1 Å². The van der Waals surface area contributed by atoms with Crippen molar-refractivity contribution in [2.45, 2.75) is 38.1 Å². The normalized spacial score (nSPS) is 26.8. The average Bonchev–Trinajstić information content (AvgIpc) is 2.77. The van der Waals surface area contributed by atoms with E-state index in [0.717, 1.165) is 26.4 Å². The predicted molar refractivity (Wildman–Crippen MR) is 70.8 cm³/mol. The molecular weight excluding hydrogens is 230 g/mol. The van der Waals surface area contributed by atoms with Crippen molar-refractivity contribution in [1.29, 1.82) is 0 Å². The number of methoxy groups -OCH3 is 1. The summed E-state index contributed by atoms with van der Waals surface area (Å²) in [6.07, 6.45) is 6.52. The summed E-state index contributed by atoms with van der Waals surface area (Å²) in [5, 5.41) is 3.70. The number of hydrogen-bond donors (Lipinski definition) is 1. The van der Waals surface area contributed by atoms with Crippen LogP contribution in [0.15, 0.2) is 0 Å². The van der Waals surface area contributed by atoms with E-state index in [9.17, 15) is 0 Å². The molecule has 106 valence electrons. The van der Waals surface area contributed by atoms with Gasteiger partial charge in [0.15, 0.2) is 0 Å². The van der Waals surface area contributed by atoms with Crippen LogP contribution in [0.25, 0.3) is 0 Å². The zero-order valence-corrected chi connectivity index (χ0v) is 11.6. The molecule has 1 atom stereocenters. The molecule has 0 aromatic rings. The molecule has 1 heterocycles. The first-order valence-electron chi connectivity index (χ1n) is 7.25. The van der Waals surface area contributed by atoms with Crippen LogP contribution in [0.3, 0.4) is 0 Å². The second-order valence-corrected chi connectivity index (χ2v) is 5.48. The molecule has 1 aliphatic heterocycles. The SMILES string of the molecule is COCCOCCNC1CCCC12CCOCC2. The highest BCUT2D eigenvalue weighted by atomic mass is 16.5. The van der Waals surface area contributed by atoms with E-state index in [1.165, 1.54) is 32.1 Å². The Morgan fingerprint density at radius 3 is 2.78 bits per heavy atom. The van der Waals surface area contributed by atoms with E-state index in [1.54, 1.807) is 7.11 Å². The van der Waals surface area contributed by atoms with Gasteiger partial charge in [0, 0.05) is 32.9 Å². The lowest BCUT2D eigenvalue weighted by molar-refractivity contribution is 0.00246. The molecule has 1 N–H and O–H groups in total. The molecule has 0 bridgehead atoms. The fourth-order valence-corrected chi connectivity index (χ4v) is 3.38. The van der Waals surface area contributed by atoms with Crippen LogP contribution < -0.4 is 5.32 Å². The molecule has 2 fully saturated rings. The van der Waals surface area contributed by atoms with Crippen LogP contribution in [0, 0.1) is 5.41 Å². The van der Waals surface area contributed by atoms with Crippen LogP contribution >= 0.6 is 0 Å². The monoisotopic (exact) mass is 257 g/mol. The molecule has 2 aliphatic rings. The van der Waals surface area contributed by atoms with Crippen molar-refractivity contribution in [2.75, 3.05) is 46.7 Å². The topological polar surface area (TPSA) is 39.7 Å². The van der Waals surface area contributed by atoms with E-state index in [2.05, 4.69) is 5.32 Å². The second-order valence-electron chi connectivity index (χ2n) is 5.48. The fraction of sp³-hybridized carbons (Fsp3) is 1.00. The molecular formula is C14H27NO3. The minimum atomic E-state index is 0.519. The minimum absolute atomic E-state index is 0.519. The van der Waals surface area contributed by atoms with Crippen LogP contribution in [0.1, 0.15) is 32.1 Å². The first-order valence-corrected chi connectivity index (χ1v) is 7.25. The molecule has 2 rings (SSSR count). The smallest absolute Gasteiger partial charge is 0.0700 e. The Morgan fingerprint density at radius 2 is 2.00 bits per heavy atom. The largest absolute Gasteiger partial charge is 0.382 e. The quantitative estimate of drug-likeness (QED) is 0.703. The summed E-state index contributed by atoms with van der Waals surface area (Å²) in [4.78, 5) is 0. The van der Waals surface area contributed by atoms with Gasteiger partial charge in [0.2, 0.25) is 0 Å². The van der Waals surface area contributed by atoms with Crippen molar-refractivity contribution in [3.05, 3.63) is 0 Å². The van der Waals surface area contributed by atoms with Crippen LogP contribution in [-0.2, 0) is 14.2 Å². The summed E-state index contributed by atoms with van der Waals surface area (Å²) in [6.45, 7) is 5.01. The van der Waals surface area contributed by atoms with E-state index >= 15 is 0 Å². The van der Waals surface area contributed by atoms with Crippen LogP contribution in [0.5, 0.6) is 0 Å². The molecule has 1 saturated carbocycles. The molecule has 1 unspecified atom stereocenters. The highest BCUT2D eigenvalue weighted by molar-refractivity contribution is 4.97. The number of hydrogen-bond acceptors (Lipinski definition) is 4. The summed E-state index contributed by atoms with van der Waals surface area (Å²) in [5.74, 6) is 0. The number of ether oxygens (including phenoxy) is 3. The second kappa shape index (κ2) is 7.43. The highest BCUT2D eigenvalue weighted by Gasteiger charge is 2.43. The van der Waals surface area contributed by atoms with E-state index in [4.69, 9.17) is 14.2 Å². The summed E-state index contributed by atoms with van der Waals surface area (Å²) in [7, 11) is 1.70. The Morgan fingerprint density at radius 1 is 1.17 bits per heavy atom. The fourth-order valence-electron chi connectivity index (χ4n) is 3.38. The third kappa shape index (κ3) is 3.67. The van der Waals surface area contributed by atoms with E-state index in [0.29, 0.717) is 24.7 Å². The molecule has 0 aromatic carbocycles. The molecule has 18 heavy (non-hydrogen) atoms. The van der Waals surface area contributed by atoms with Gasteiger partial charge in [0.05, 0.1) is 19.8 Å². The van der Waals surface area contributed by atoms with E-state index in [1.807, 2.05) is 0 Å². The van der Waals surface area contributed by atoms with Crippen LogP contribution in [-0.4, -0.2) is 52.7 Å². The maximum Gasteiger partial charge on any atom is 0.0700 e. The lowest BCUT2D eigenvalue weighted by Crippen LogP contribution is -2.45. The van der Waals surface area contributed by atoms with Gasteiger partial charge in [-0.15, -0.1) is 0 Å². The molecule has 1 aliphatic carbocycles. The maximum absolute atomic E-state index is 5.51. The molecule has 0 radical (unpaired) electrons. The first kappa shape index (κ1) is 14.3. The van der Waals surface area contributed by atoms with Gasteiger partial charge < -0.3 is 19.5 Å². The van der Waals surface area contributed by atoms with Crippen molar-refractivity contribution < 1.29 is 14.2 Å². The number of nitrogens with one attached hydrogen (secondary N) is 1. The molecule has 1 spiro atoms. The lowest BCUT2D eigenvalue weighted by atomic mass is 9.75. The summed E-state index contributed by atoms with van der Waals surface area (Å²) >= 11 is 0. The Balaban J connectivity index is 1.65. The van der Waals surface area contributed by atoms with Crippen molar-refractivity contribution in [3.63, 3.8) is 0 Å². The van der Waals surface area contributed by atoms with Gasteiger partial charge in [-0.25, -0.2) is 0 Å². The van der Waals surface area contributed by atoms with Crippen molar-refractivity contribution in [1.82, 2.24) is 5.32 Å². The van der Waals surface area contributed by atoms with Gasteiger partial charge in [0.25, 0.3) is 0 Å². The zero-order valence-electron chi connectivity index (χ0n) is 11.6. The van der Waals surface area contributed by atoms with Crippen LogP contribution in [0.2, 0.25) is 0 Å². The van der Waals surface area contributed by atoms with E-state index < -0.39 is 0 Å². The van der Waals surface area contributed by atoms with Gasteiger partial charge in [-0.3, -0.25) is 0 Å². The predicted octanol–water partition coefficient (Wildman–Crippen LogP) is 1.59. The Kier molecular flexibility index (Phi) is 5.89. The van der Waals surface area contributed by atoms with Crippen molar-refractivity contribution in [2.24, 2.45) is 5.41 Å². The summed E-state index contributed by atoms with van der Waals surface area (Å²) in [5.41, 5.74) is 0.519. The third-order valence-corrected chi connectivity index (χ3v) is 4.46. The lowest BCUT2D eigenvalue weighted by Gasteiger charge is -2.39. The van der Waals surface area contributed by atoms with Crippen molar-refractivity contribution >= 4 is 0 Å². The molecule has 4 nitrogen and oxygen atoms in total. The van der Waals surface area contributed by atoms with Crippen molar-refractivity contribution in [3.8, 4) is 0 Å². The Bertz CT molecular complexity index is 229.